The zero-order valence-electron chi connectivity index (χ0n) is 12.2. The molecule has 3 nitrogen and oxygen atoms in total. The molecule has 3 heteroatoms. The molecule has 0 bridgehead atoms. The zero-order chi connectivity index (χ0) is 13.5. The lowest BCUT2D eigenvalue weighted by atomic mass is 10.0. The van der Waals surface area contributed by atoms with Crippen LogP contribution in [0.1, 0.15) is 23.1 Å². The first-order valence-electron chi connectivity index (χ1n) is 7.35. The van der Waals surface area contributed by atoms with Gasteiger partial charge in [0.2, 0.25) is 0 Å². The minimum atomic E-state index is 0.391. The molecule has 1 aromatic rings. The van der Waals surface area contributed by atoms with E-state index < -0.39 is 0 Å². The van der Waals surface area contributed by atoms with Gasteiger partial charge >= 0.3 is 0 Å². The van der Waals surface area contributed by atoms with Crippen molar-refractivity contribution in [2.75, 3.05) is 32.8 Å². The van der Waals surface area contributed by atoms with Crippen LogP contribution < -0.4 is 10.6 Å². The lowest BCUT2D eigenvalue weighted by Crippen LogP contribution is -2.40. The van der Waals surface area contributed by atoms with Gasteiger partial charge < -0.3 is 15.4 Å². The van der Waals surface area contributed by atoms with Gasteiger partial charge in [0.1, 0.15) is 0 Å². The standard InChI is InChI=1S/C16H26N2O/c1-13-3-4-14(2)15(11-13)5-7-17-8-6-16-12-18-9-10-19-16/h3-4,11,16-18H,5-10,12H2,1-2H3. The van der Waals surface area contributed by atoms with E-state index in [4.69, 9.17) is 4.74 Å². The van der Waals surface area contributed by atoms with Crippen LogP contribution in [0.15, 0.2) is 18.2 Å². The number of hydrogen-bond acceptors (Lipinski definition) is 3. The average Bonchev–Trinajstić information content (AvgIpc) is 2.43. The Bertz CT molecular complexity index is 386. The maximum atomic E-state index is 5.68. The number of aryl methyl sites for hydroxylation is 2. The summed E-state index contributed by atoms with van der Waals surface area (Å²) in [5.74, 6) is 0. The summed E-state index contributed by atoms with van der Waals surface area (Å²) in [4.78, 5) is 0. The first-order chi connectivity index (χ1) is 9.25. The van der Waals surface area contributed by atoms with E-state index in [1.54, 1.807) is 0 Å². The van der Waals surface area contributed by atoms with Crippen molar-refractivity contribution in [2.24, 2.45) is 0 Å². The highest BCUT2D eigenvalue weighted by atomic mass is 16.5. The molecule has 106 valence electrons. The van der Waals surface area contributed by atoms with Gasteiger partial charge in [-0.25, -0.2) is 0 Å². The second kappa shape index (κ2) is 7.63. The molecule has 0 radical (unpaired) electrons. The van der Waals surface area contributed by atoms with Crippen molar-refractivity contribution >= 4 is 0 Å². The van der Waals surface area contributed by atoms with Crippen LogP contribution in [-0.2, 0) is 11.2 Å². The van der Waals surface area contributed by atoms with Crippen LogP contribution in [0.5, 0.6) is 0 Å². The highest BCUT2D eigenvalue weighted by molar-refractivity contribution is 5.30. The van der Waals surface area contributed by atoms with Gasteiger partial charge in [0, 0.05) is 13.1 Å². The Morgan fingerprint density at radius 3 is 3.00 bits per heavy atom. The van der Waals surface area contributed by atoms with Crippen molar-refractivity contribution in [3.8, 4) is 0 Å². The molecule has 0 spiro atoms. The van der Waals surface area contributed by atoms with Gasteiger partial charge in [-0.3, -0.25) is 0 Å². The fourth-order valence-corrected chi connectivity index (χ4v) is 2.49. The predicted octanol–water partition coefficient (Wildman–Crippen LogP) is 1.81. The number of ether oxygens (including phenoxy) is 1. The fourth-order valence-electron chi connectivity index (χ4n) is 2.49. The molecular weight excluding hydrogens is 236 g/mol. The minimum Gasteiger partial charge on any atom is -0.376 e. The van der Waals surface area contributed by atoms with E-state index in [1.165, 1.54) is 16.7 Å². The third kappa shape index (κ3) is 4.94. The number of nitrogens with one attached hydrogen (secondary N) is 2. The van der Waals surface area contributed by atoms with Crippen LogP contribution in [0.4, 0.5) is 0 Å². The van der Waals surface area contributed by atoms with E-state index in [-0.39, 0.29) is 0 Å². The maximum Gasteiger partial charge on any atom is 0.0712 e. The van der Waals surface area contributed by atoms with Crippen molar-refractivity contribution in [2.45, 2.75) is 32.8 Å². The Morgan fingerprint density at radius 2 is 2.21 bits per heavy atom. The highest BCUT2D eigenvalue weighted by Gasteiger charge is 2.12. The molecule has 0 aromatic heterocycles. The van der Waals surface area contributed by atoms with Crippen LogP contribution in [0.3, 0.4) is 0 Å². The van der Waals surface area contributed by atoms with Crippen molar-refractivity contribution in [3.05, 3.63) is 34.9 Å². The van der Waals surface area contributed by atoms with Gasteiger partial charge in [0.25, 0.3) is 0 Å². The van der Waals surface area contributed by atoms with E-state index in [1.807, 2.05) is 0 Å². The van der Waals surface area contributed by atoms with Gasteiger partial charge in [-0.05, 0) is 50.9 Å². The molecule has 1 atom stereocenters. The van der Waals surface area contributed by atoms with Crippen LogP contribution in [-0.4, -0.2) is 38.9 Å². The summed E-state index contributed by atoms with van der Waals surface area (Å²) in [5, 5.41) is 6.88. The van der Waals surface area contributed by atoms with Crippen LogP contribution in [0.25, 0.3) is 0 Å². The van der Waals surface area contributed by atoms with Crippen molar-refractivity contribution in [1.82, 2.24) is 10.6 Å². The molecule has 0 amide bonds. The summed E-state index contributed by atoms with van der Waals surface area (Å²) < 4.78 is 5.68. The zero-order valence-corrected chi connectivity index (χ0v) is 12.2. The second-order valence-electron chi connectivity index (χ2n) is 5.42. The summed E-state index contributed by atoms with van der Waals surface area (Å²) in [6.45, 7) is 9.28. The maximum absolute atomic E-state index is 5.68. The van der Waals surface area contributed by atoms with E-state index >= 15 is 0 Å². The second-order valence-corrected chi connectivity index (χ2v) is 5.42. The van der Waals surface area contributed by atoms with Crippen molar-refractivity contribution in [3.63, 3.8) is 0 Å². The van der Waals surface area contributed by atoms with Gasteiger partial charge in [0.15, 0.2) is 0 Å². The van der Waals surface area contributed by atoms with E-state index in [0.29, 0.717) is 6.10 Å². The molecule has 0 saturated carbocycles. The molecule has 1 unspecified atom stereocenters. The number of rotatable bonds is 6. The van der Waals surface area contributed by atoms with Crippen LogP contribution in [0.2, 0.25) is 0 Å². The summed E-state index contributed by atoms with van der Waals surface area (Å²) in [6, 6.07) is 6.69. The first-order valence-corrected chi connectivity index (χ1v) is 7.35. The molecule has 1 fully saturated rings. The van der Waals surface area contributed by atoms with Gasteiger partial charge in [-0.1, -0.05) is 23.8 Å². The van der Waals surface area contributed by atoms with Crippen LogP contribution in [0, 0.1) is 13.8 Å². The van der Waals surface area contributed by atoms with Crippen molar-refractivity contribution in [1.29, 1.82) is 0 Å². The lowest BCUT2D eigenvalue weighted by molar-refractivity contribution is 0.0239. The minimum absolute atomic E-state index is 0.391. The SMILES string of the molecule is Cc1ccc(C)c(CCNCCC2CNCCO2)c1. The molecule has 1 aliphatic heterocycles. The number of benzene rings is 1. The third-order valence-corrected chi connectivity index (χ3v) is 3.72. The third-order valence-electron chi connectivity index (χ3n) is 3.72. The van der Waals surface area contributed by atoms with Gasteiger partial charge in [-0.2, -0.15) is 0 Å². The van der Waals surface area contributed by atoms with Crippen molar-refractivity contribution < 1.29 is 4.74 Å². The Morgan fingerprint density at radius 1 is 1.32 bits per heavy atom. The highest BCUT2D eigenvalue weighted by Crippen LogP contribution is 2.10. The molecule has 1 aromatic carbocycles. The number of morpholine rings is 1. The summed E-state index contributed by atoms with van der Waals surface area (Å²) in [7, 11) is 0. The fraction of sp³-hybridized carbons (Fsp3) is 0.625. The number of hydrogen-bond donors (Lipinski definition) is 2. The largest absolute Gasteiger partial charge is 0.376 e. The Labute approximate surface area is 116 Å². The monoisotopic (exact) mass is 262 g/mol. The molecule has 1 saturated heterocycles. The summed E-state index contributed by atoms with van der Waals surface area (Å²) >= 11 is 0. The summed E-state index contributed by atoms with van der Waals surface area (Å²) in [6.07, 6.45) is 2.60. The first kappa shape index (κ1) is 14.5. The molecular formula is C16H26N2O. The van der Waals surface area contributed by atoms with Gasteiger partial charge in [0.05, 0.1) is 12.7 Å². The lowest BCUT2D eigenvalue weighted by Gasteiger charge is -2.23. The molecule has 1 aliphatic rings. The topological polar surface area (TPSA) is 33.3 Å². The smallest absolute Gasteiger partial charge is 0.0712 e. The van der Waals surface area contributed by atoms with Crippen LogP contribution >= 0.6 is 0 Å². The normalized spacial score (nSPS) is 19.6. The summed E-state index contributed by atoms with van der Waals surface area (Å²) in [5.41, 5.74) is 4.21. The van der Waals surface area contributed by atoms with E-state index in [9.17, 15) is 0 Å². The molecule has 2 rings (SSSR count). The molecule has 0 aliphatic carbocycles. The van der Waals surface area contributed by atoms with E-state index in [2.05, 4.69) is 42.7 Å². The Balaban J connectivity index is 1.62. The molecule has 1 heterocycles. The Kier molecular flexibility index (Phi) is 5.83. The average molecular weight is 262 g/mol. The Hall–Kier alpha value is -0.900. The van der Waals surface area contributed by atoms with E-state index in [0.717, 1.165) is 45.6 Å². The quantitative estimate of drug-likeness (QED) is 0.767. The van der Waals surface area contributed by atoms with Gasteiger partial charge in [-0.15, -0.1) is 0 Å². The molecule has 2 N–H and O–H groups in total. The molecule has 19 heavy (non-hydrogen) atoms. The predicted molar refractivity (Wildman–Crippen MR) is 79.7 cm³/mol.